The molecule has 3 fully saturated rings. The monoisotopic (exact) mass is 455 g/mol. The lowest BCUT2D eigenvalue weighted by Crippen LogP contribution is -2.67. The summed E-state index contributed by atoms with van der Waals surface area (Å²) in [7, 11) is 0. The van der Waals surface area contributed by atoms with Gasteiger partial charge in [0.2, 0.25) is 0 Å². The summed E-state index contributed by atoms with van der Waals surface area (Å²) in [4.78, 5) is 0. The van der Waals surface area contributed by atoms with E-state index in [-0.39, 0.29) is 6.54 Å². The molecule has 0 aromatic heterocycles. The summed E-state index contributed by atoms with van der Waals surface area (Å²) in [5, 5.41) is 69.3. The number of hydrogen-bond donors (Lipinski definition) is 9. The van der Waals surface area contributed by atoms with Crippen molar-refractivity contribution in [3.63, 3.8) is 0 Å². The molecular formula is C17H31N2O12. The van der Waals surface area contributed by atoms with Crippen LogP contribution >= 0.6 is 0 Å². The van der Waals surface area contributed by atoms with Crippen molar-refractivity contribution in [1.29, 1.82) is 0 Å². The SMILES string of the molecule is NC[C@H]1O[C@@H](O[C@H]2[C@@H](O)[CH]O[C@@H]2CO)[C@H](N)[C@H](O)[C@H]1O[C@@H]1O[C@H](CO)[C@@H](O)[C@H](O)[C@@H]1O. The second-order valence-electron chi connectivity index (χ2n) is 7.73. The maximum absolute atomic E-state index is 10.7. The quantitative estimate of drug-likeness (QED) is 0.174. The molecule has 14 heteroatoms. The Bertz CT molecular complexity index is 571. The Morgan fingerprint density at radius 1 is 0.742 bits per heavy atom. The van der Waals surface area contributed by atoms with Crippen LogP contribution in [0.4, 0.5) is 0 Å². The lowest BCUT2D eigenvalue weighted by Gasteiger charge is -2.47. The van der Waals surface area contributed by atoms with Gasteiger partial charge in [-0.1, -0.05) is 0 Å². The molecule has 3 aliphatic rings. The van der Waals surface area contributed by atoms with Crippen molar-refractivity contribution in [3.05, 3.63) is 6.61 Å². The van der Waals surface area contributed by atoms with Crippen LogP contribution in [0.2, 0.25) is 0 Å². The molecule has 0 unspecified atom stereocenters. The van der Waals surface area contributed by atoms with Crippen LogP contribution in [0.5, 0.6) is 0 Å². The summed E-state index contributed by atoms with van der Waals surface area (Å²) in [5.41, 5.74) is 11.8. The van der Waals surface area contributed by atoms with Crippen molar-refractivity contribution >= 4 is 0 Å². The minimum Gasteiger partial charge on any atom is -0.394 e. The van der Waals surface area contributed by atoms with Crippen molar-refractivity contribution in [3.8, 4) is 0 Å². The van der Waals surface area contributed by atoms with Gasteiger partial charge in [0.1, 0.15) is 67.6 Å². The fourth-order valence-corrected chi connectivity index (χ4v) is 3.78. The first-order chi connectivity index (χ1) is 14.7. The molecule has 1 radical (unpaired) electrons. The van der Waals surface area contributed by atoms with E-state index in [1.807, 2.05) is 0 Å². The molecule has 0 aromatic rings. The predicted octanol–water partition coefficient (Wildman–Crippen LogP) is -6.16. The maximum Gasteiger partial charge on any atom is 0.187 e. The van der Waals surface area contributed by atoms with Gasteiger partial charge in [0.25, 0.3) is 0 Å². The van der Waals surface area contributed by atoms with Gasteiger partial charge in [-0.05, 0) is 0 Å². The molecule has 11 N–H and O–H groups in total. The number of aliphatic hydroxyl groups excluding tert-OH is 7. The van der Waals surface area contributed by atoms with Gasteiger partial charge < -0.3 is 70.9 Å². The minimum absolute atomic E-state index is 0.176. The van der Waals surface area contributed by atoms with Crippen LogP contribution in [0.1, 0.15) is 0 Å². The maximum atomic E-state index is 10.7. The number of nitrogens with two attached hydrogens (primary N) is 2. The Morgan fingerprint density at radius 3 is 1.97 bits per heavy atom. The van der Waals surface area contributed by atoms with Crippen LogP contribution < -0.4 is 11.5 Å². The molecule has 0 bridgehead atoms. The number of hydrogen-bond acceptors (Lipinski definition) is 14. The standard InChI is InChI=1S/C17H31N2O12/c18-1-6-15(31-17-13(26)12(25)10(23)7(2-20)29-17)11(24)9(19)16(28-6)30-14-5(22)4-27-8(14)3-21/h4-17,20-26H,1-3,18-19H2/t5-,6+,7+,8+,9+,10+,11-,12-,13-,14-,15-,16-,17-/m0/s1. The molecular weight excluding hydrogens is 424 g/mol. The molecule has 13 atom stereocenters. The smallest absolute Gasteiger partial charge is 0.187 e. The van der Waals surface area contributed by atoms with Gasteiger partial charge in [0, 0.05) is 6.54 Å². The Hall–Kier alpha value is -0.560. The summed E-state index contributed by atoms with van der Waals surface area (Å²) < 4.78 is 27.3. The largest absolute Gasteiger partial charge is 0.394 e. The summed E-state index contributed by atoms with van der Waals surface area (Å²) in [5.74, 6) is 0. The van der Waals surface area contributed by atoms with Crippen LogP contribution in [0.15, 0.2) is 0 Å². The Kier molecular flexibility index (Phi) is 8.56. The molecule has 3 heterocycles. The van der Waals surface area contributed by atoms with E-state index in [1.165, 1.54) is 0 Å². The van der Waals surface area contributed by atoms with Crippen LogP contribution in [0.3, 0.4) is 0 Å². The Morgan fingerprint density at radius 2 is 1.35 bits per heavy atom. The fourth-order valence-electron chi connectivity index (χ4n) is 3.78. The van der Waals surface area contributed by atoms with Crippen molar-refractivity contribution in [2.75, 3.05) is 19.8 Å². The highest BCUT2D eigenvalue weighted by molar-refractivity contribution is 4.98. The number of rotatable bonds is 7. The third-order valence-electron chi connectivity index (χ3n) is 5.66. The van der Waals surface area contributed by atoms with Crippen LogP contribution in [0.25, 0.3) is 0 Å². The third kappa shape index (κ3) is 5.02. The summed E-state index contributed by atoms with van der Waals surface area (Å²) in [6.07, 6.45) is -15.6. The molecule has 0 amide bonds. The van der Waals surface area contributed by atoms with Crippen molar-refractivity contribution in [2.24, 2.45) is 11.5 Å². The topological polar surface area (TPSA) is 240 Å². The minimum atomic E-state index is -1.69. The van der Waals surface area contributed by atoms with E-state index < -0.39 is 92.9 Å². The molecule has 0 aliphatic carbocycles. The van der Waals surface area contributed by atoms with Crippen LogP contribution in [-0.2, 0) is 23.7 Å². The van der Waals surface area contributed by atoms with E-state index in [0.29, 0.717) is 0 Å². The summed E-state index contributed by atoms with van der Waals surface area (Å²) in [6, 6.07) is -1.20. The second kappa shape index (κ2) is 10.6. The van der Waals surface area contributed by atoms with E-state index >= 15 is 0 Å². The van der Waals surface area contributed by atoms with Crippen LogP contribution in [-0.4, -0.2) is 135 Å². The zero-order chi connectivity index (χ0) is 22.9. The third-order valence-corrected chi connectivity index (χ3v) is 5.66. The van der Waals surface area contributed by atoms with E-state index in [4.69, 9.17) is 35.2 Å². The Balaban J connectivity index is 1.69. The predicted molar refractivity (Wildman–Crippen MR) is 97.5 cm³/mol. The molecule has 0 saturated carbocycles. The van der Waals surface area contributed by atoms with Crippen molar-refractivity contribution in [1.82, 2.24) is 0 Å². The van der Waals surface area contributed by atoms with E-state index in [2.05, 4.69) is 0 Å². The van der Waals surface area contributed by atoms with Crippen molar-refractivity contribution in [2.45, 2.75) is 79.7 Å². The summed E-state index contributed by atoms with van der Waals surface area (Å²) >= 11 is 0. The van der Waals surface area contributed by atoms with Gasteiger partial charge in [-0.25, -0.2) is 0 Å². The molecule has 14 nitrogen and oxygen atoms in total. The molecule has 3 rings (SSSR count). The first kappa shape index (κ1) is 25.1. The Labute approximate surface area is 177 Å². The van der Waals surface area contributed by atoms with Crippen molar-refractivity contribution < 1.29 is 59.4 Å². The molecule has 3 saturated heterocycles. The zero-order valence-corrected chi connectivity index (χ0v) is 16.5. The highest BCUT2D eigenvalue weighted by Crippen LogP contribution is 2.31. The van der Waals surface area contributed by atoms with E-state index in [0.717, 1.165) is 6.61 Å². The van der Waals surface area contributed by atoms with Gasteiger partial charge in [0.05, 0.1) is 19.3 Å². The van der Waals surface area contributed by atoms with E-state index in [1.54, 1.807) is 0 Å². The van der Waals surface area contributed by atoms with Gasteiger partial charge in [0.15, 0.2) is 12.6 Å². The number of ether oxygens (including phenoxy) is 5. The molecule has 0 spiro atoms. The average molecular weight is 455 g/mol. The van der Waals surface area contributed by atoms with E-state index in [9.17, 15) is 35.7 Å². The normalized spacial score (nSPS) is 51.2. The van der Waals surface area contributed by atoms with Gasteiger partial charge in [-0.3, -0.25) is 0 Å². The molecule has 31 heavy (non-hydrogen) atoms. The summed E-state index contributed by atoms with van der Waals surface area (Å²) in [6.45, 7) is -0.169. The highest BCUT2D eigenvalue weighted by atomic mass is 16.7. The average Bonchev–Trinajstić information content (AvgIpc) is 3.12. The molecule has 3 aliphatic heterocycles. The molecule has 0 aromatic carbocycles. The van der Waals surface area contributed by atoms with Gasteiger partial charge in [-0.15, -0.1) is 0 Å². The zero-order valence-electron chi connectivity index (χ0n) is 16.5. The lowest BCUT2D eigenvalue weighted by atomic mass is 9.95. The fraction of sp³-hybridized carbons (Fsp3) is 0.941. The molecule has 181 valence electrons. The highest BCUT2D eigenvalue weighted by Gasteiger charge is 2.51. The first-order valence-corrected chi connectivity index (χ1v) is 9.91. The lowest BCUT2D eigenvalue weighted by molar-refractivity contribution is -0.348. The van der Waals surface area contributed by atoms with Gasteiger partial charge >= 0.3 is 0 Å². The first-order valence-electron chi connectivity index (χ1n) is 9.91. The van der Waals surface area contributed by atoms with Crippen LogP contribution in [0, 0.1) is 6.61 Å². The second-order valence-corrected chi connectivity index (χ2v) is 7.73. The van der Waals surface area contributed by atoms with Gasteiger partial charge in [-0.2, -0.15) is 0 Å². The number of aliphatic hydroxyl groups is 7.